The third kappa shape index (κ3) is 3.07. The maximum absolute atomic E-state index is 12.0. The summed E-state index contributed by atoms with van der Waals surface area (Å²) in [7, 11) is 0. The van der Waals surface area contributed by atoms with Crippen molar-refractivity contribution >= 4 is 5.91 Å². The van der Waals surface area contributed by atoms with Crippen molar-refractivity contribution in [2.24, 2.45) is 0 Å². The standard InChI is InChI=1S/C12H20N4O2/c1-9-11(15-18-14-9)8-13-12(17)10(2)16-6-4-3-5-7-16/h10H,3-8H2,1-2H3,(H,13,17)/t10-/m1/s1. The average Bonchev–Trinajstić information content (AvgIpc) is 2.81. The molecule has 1 aliphatic heterocycles. The maximum atomic E-state index is 12.0. The third-order valence-corrected chi connectivity index (χ3v) is 3.49. The van der Waals surface area contributed by atoms with Gasteiger partial charge in [0.25, 0.3) is 0 Å². The molecule has 0 aliphatic carbocycles. The zero-order valence-corrected chi connectivity index (χ0v) is 11.0. The molecule has 1 atom stereocenters. The van der Waals surface area contributed by atoms with Gasteiger partial charge in [-0.3, -0.25) is 9.69 Å². The van der Waals surface area contributed by atoms with Crippen LogP contribution in [0.5, 0.6) is 0 Å². The minimum atomic E-state index is -0.0783. The number of hydrogen-bond donors (Lipinski definition) is 1. The predicted molar refractivity (Wildman–Crippen MR) is 65.8 cm³/mol. The molecule has 100 valence electrons. The summed E-state index contributed by atoms with van der Waals surface area (Å²) < 4.78 is 4.59. The van der Waals surface area contributed by atoms with E-state index in [4.69, 9.17) is 0 Å². The number of hydrogen-bond acceptors (Lipinski definition) is 5. The van der Waals surface area contributed by atoms with Crippen molar-refractivity contribution in [1.29, 1.82) is 0 Å². The lowest BCUT2D eigenvalue weighted by atomic mass is 10.1. The molecule has 1 N–H and O–H groups in total. The monoisotopic (exact) mass is 252 g/mol. The molecule has 1 fully saturated rings. The highest BCUT2D eigenvalue weighted by atomic mass is 16.6. The minimum absolute atomic E-state index is 0.0410. The smallest absolute Gasteiger partial charge is 0.237 e. The van der Waals surface area contributed by atoms with Crippen molar-refractivity contribution < 1.29 is 9.42 Å². The number of aryl methyl sites for hydroxylation is 1. The van der Waals surface area contributed by atoms with Gasteiger partial charge in [-0.05, 0) is 39.8 Å². The van der Waals surface area contributed by atoms with E-state index >= 15 is 0 Å². The fourth-order valence-electron chi connectivity index (χ4n) is 2.20. The number of aromatic nitrogens is 2. The van der Waals surface area contributed by atoms with Crippen LogP contribution in [0, 0.1) is 6.92 Å². The van der Waals surface area contributed by atoms with Crippen molar-refractivity contribution in [3.05, 3.63) is 11.4 Å². The summed E-state index contributed by atoms with van der Waals surface area (Å²) >= 11 is 0. The van der Waals surface area contributed by atoms with Gasteiger partial charge in [0.1, 0.15) is 11.4 Å². The van der Waals surface area contributed by atoms with Gasteiger partial charge < -0.3 is 5.32 Å². The molecule has 2 rings (SSSR count). The molecule has 0 bridgehead atoms. The lowest BCUT2D eigenvalue weighted by Crippen LogP contribution is -2.47. The van der Waals surface area contributed by atoms with E-state index in [0.29, 0.717) is 12.2 Å². The molecule has 18 heavy (non-hydrogen) atoms. The Morgan fingerprint density at radius 2 is 2.11 bits per heavy atom. The second kappa shape index (κ2) is 5.95. The van der Waals surface area contributed by atoms with E-state index in [1.165, 1.54) is 19.3 Å². The summed E-state index contributed by atoms with van der Waals surface area (Å²) in [5.74, 6) is 0.0410. The van der Waals surface area contributed by atoms with Crippen molar-refractivity contribution in [3.8, 4) is 0 Å². The SMILES string of the molecule is Cc1nonc1CNC(=O)[C@@H](C)N1CCCCC1. The van der Waals surface area contributed by atoms with E-state index in [0.717, 1.165) is 18.8 Å². The zero-order valence-electron chi connectivity index (χ0n) is 11.0. The number of carbonyl (C=O) groups excluding carboxylic acids is 1. The highest BCUT2D eigenvalue weighted by Gasteiger charge is 2.22. The zero-order chi connectivity index (χ0) is 13.0. The summed E-state index contributed by atoms with van der Waals surface area (Å²) in [6.07, 6.45) is 3.64. The molecule has 1 saturated heterocycles. The normalized spacial score (nSPS) is 18.6. The van der Waals surface area contributed by atoms with Crippen molar-refractivity contribution in [2.45, 2.75) is 45.7 Å². The Kier molecular flexibility index (Phi) is 4.30. The highest BCUT2D eigenvalue weighted by molar-refractivity contribution is 5.81. The molecule has 1 amide bonds. The number of nitrogens with one attached hydrogen (secondary N) is 1. The number of carbonyl (C=O) groups is 1. The van der Waals surface area contributed by atoms with E-state index in [9.17, 15) is 4.79 Å². The maximum Gasteiger partial charge on any atom is 0.237 e. The van der Waals surface area contributed by atoms with E-state index < -0.39 is 0 Å². The molecule has 1 aromatic heterocycles. The first-order valence-electron chi connectivity index (χ1n) is 6.48. The fourth-order valence-corrected chi connectivity index (χ4v) is 2.20. The Morgan fingerprint density at radius 1 is 1.39 bits per heavy atom. The third-order valence-electron chi connectivity index (χ3n) is 3.49. The van der Waals surface area contributed by atoms with Gasteiger partial charge in [0.15, 0.2) is 0 Å². The Labute approximate surface area is 107 Å². The summed E-state index contributed by atoms with van der Waals surface area (Å²) in [5, 5.41) is 10.3. The van der Waals surface area contributed by atoms with Crippen LogP contribution < -0.4 is 5.32 Å². The van der Waals surface area contributed by atoms with Crippen LogP contribution >= 0.6 is 0 Å². The van der Waals surface area contributed by atoms with Gasteiger partial charge in [-0.2, -0.15) is 0 Å². The van der Waals surface area contributed by atoms with Crippen LogP contribution in [-0.4, -0.2) is 40.3 Å². The van der Waals surface area contributed by atoms with Crippen molar-refractivity contribution in [1.82, 2.24) is 20.5 Å². The number of rotatable bonds is 4. The van der Waals surface area contributed by atoms with E-state index in [1.807, 2.05) is 13.8 Å². The van der Waals surface area contributed by atoms with Crippen LogP contribution in [-0.2, 0) is 11.3 Å². The van der Waals surface area contributed by atoms with E-state index in [2.05, 4.69) is 25.2 Å². The van der Waals surface area contributed by atoms with Gasteiger partial charge in [-0.15, -0.1) is 0 Å². The molecule has 0 radical (unpaired) electrons. The van der Waals surface area contributed by atoms with Gasteiger partial charge in [0.05, 0.1) is 12.6 Å². The molecule has 0 saturated carbocycles. The van der Waals surface area contributed by atoms with Gasteiger partial charge in [0, 0.05) is 0 Å². The van der Waals surface area contributed by atoms with Gasteiger partial charge in [-0.1, -0.05) is 16.7 Å². The number of amides is 1. The summed E-state index contributed by atoms with van der Waals surface area (Å²) in [5.41, 5.74) is 1.41. The van der Waals surface area contributed by atoms with Crippen LogP contribution in [0.15, 0.2) is 4.63 Å². The molecule has 0 aromatic carbocycles. The largest absolute Gasteiger partial charge is 0.349 e. The van der Waals surface area contributed by atoms with E-state index in [1.54, 1.807) is 0 Å². The summed E-state index contributed by atoms with van der Waals surface area (Å²) in [6, 6.07) is -0.0783. The summed E-state index contributed by atoms with van der Waals surface area (Å²) in [4.78, 5) is 14.2. The minimum Gasteiger partial charge on any atom is -0.349 e. The fraction of sp³-hybridized carbons (Fsp3) is 0.750. The summed E-state index contributed by atoms with van der Waals surface area (Å²) in [6.45, 7) is 6.17. The highest BCUT2D eigenvalue weighted by Crippen LogP contribution is 2.12. The van der Waals surface area contributed by atoms with Crippen LogP contribution in [0.25, 0.3) is 0 Å². The van der Waals surface area contributed by atoms with Crippen molar-refractivity contribution in [2.75, 3.05) is 13.1 Å². The molecule has 6 heteroatoms. The number of nitrogens with zero attached hydrogens (tertiary/aromatic N) is 3. The first-order valence-corrected chi connectivity index (χ1v) is 6.48. The predicted octanol–water partition coefficient (Wildman–Crippen LogP) is 0.869. The molecular formula is C12H20N4O2. The lowest BCUT2D eigenvalue weighted by molar-refractivity contribution is -0.126. The molecule has 1 aliphatic rings. The van der Waals surface area contributed by atoms with Crippen molar-refractivity contribution in [3.63, 3.8) is 0 Å². The molecule has 6 nitrogen and oxygen atoms in total. The lowest BCUT2D eigenvalue weighted by Gasteiger charge is -2.31. The Balaban J connectivity index is 1.82. The van der Waals surface area contributed by atoms with Gasteiger partial charge >= 0.3 is 0 Å². The van der Waals surface area contributed by atoms with Crippen LogP contribution in [0.4, 0.5) is 0 Å². The molecule has 1 aromatic rings. The molecule has 2 heterocycles. The van der Waals surface area contributed by atoms with Gasteiger partial charge in [0.2, 0.25) is 5.91 Å². The van der Waals surface area contributed by atoms with Crippen LogP contribution in [0.1, 0.15) is 37.6 Å². The second-order valence-corrected chi connectivity index (χ2v) is 4.79. The molecule has 0 spiro atoms. The Hall–Kier alpha value is -1.43. The Morgan fingerprint density at radius 3 is 2.72 bits per heavy atom. The first-order chi connectivity index (χ1) is 8.68. The second-order valence-electron chi connectivity index (χ2n) is 4.79. The average molecular weight is 252 g/mol. The topological polar surface area (TPSA) is 71.3 Å². The molecule has 0 unspecified atom stereocenters. The molecular weight excluding hydrogens is 232 g/mol. The van der Waals surface area contributed by atoms with Crippen LogP contribution in [0.3, 0.4) is 0 Å². The first kappa shape index (κ1) is 13.0. The van der Waals surface area contributed by atoms with Crippen LogP contribution in [0.2, 0.25) is 0 Å². The van der Waals surface area contributed by atoms with Gasteiger partial charge in [-0.25, -0.2) is 4.63 Å². The number of likely N-dealkylation sites (tertiary alicyclic amines) is 1. The number of piperidine rings is 1. The Bertz CT molecular complexity index is 399. The van der Waals surface area contributed by atoms with E-state index in [-0.39, 0.29) is 11.9 Å². The quantitative estimate of drug-likeness (QED) is 0.861.